The van der Waals surface area contributed by atoms with E-state index < -0.39 is 10.0 Å². The largest absolute Gasteiger partial charge is 0.326 e. The zero-order valence-corrected chi connectivity index (χ0v) is 13.6. The SMILES string of the molecule is CCC(CC)C(N)CS(=O)(=O)N1CC(C)CC(C)C1. The molecule has 4 nitrogen and oxygen atoms in total. The van der Waals surface area contributed by atoms with Crippen LogP contribution >= 0.6 is 0 Å². The Bertz CT molecular complexity index is 356. The lowest BCUT2D eigenvalue weighted by Crippen LogP contribution is -2.47. The molecule has 0 spiro atoms. The van der Waals surface area contributed by atoms with Gasteiger partial charge in [0.2, 0.25) is 10.0 Å². The maximum absolute atomic E-state index is 12.5. The molecule has 0 saturated carbocycles. The fourth-order valence-corrected chi connectivity index (χ4v) is 5.14. The molecule has 0 radical (unpaired) electrons. The second kappa shape index (κ2) is 7.04. The lowest BCUT2D eigenvalue weighted by molar-refractivity contribution is 0.221. The number of hydrogen-bond donors (Lipinski definition) is 1. The van der Waals surface area contributed by atoms with Crippen molar-refractivity contribution in [3.63, 3.8) is 0 Å². The Labute approximate surface area is 118 Å². The summed E-state index contributed by atoms with van der Waals surface area (Å²) in [5, 5.41) is 0. The number of hydrogen-bond acceptors (Lipinski definition) is 3. The highest BCUT2D eigenvalue weighted by molar-refractivity contribution is 7.89. The molecule has 1 fully saturated rings. The molecule has 0 aromatic carbocycles. The van der Waals surface area contributed by atoms with Crippen molar-refractivity contribution in [2.45, 2.75) is 53.0 Å². The number of nitrogens with two attached hydrogens (primary N) is 1. The number of rotatable bonds is 6. The van der Waals surface area contributed by atoms with Gasteiger partial charge in [-0.2, -0.15) is 0 Å². The highest BCUT2D eigenvalue weighted by atomic mass is 32.2. The molecule has 114 valence electrons. The minimum Gasteiger partial charge on any atom is -0.326 e. The molecule has 1 heterocycles. The average molecular weight is 290 g/mol. The molecule has 0 amide bonds. The summed E-state index contributed by atoms with van der Waals surface area (Å²) in [5.41, 5.74) is 6.10. The summed E-state index contributed by atoms with van der Waals surface area (Å²) in [5.74, 6) is 1.29. The van der Waals surface area contributed by atoms with Crippen LogP contribution in [0.5, 0.6) is 0 Å². The summed E-state index contributed by atoms with van der Waals surface area (Å²) in [6.45, 7) is 9.71. The van der Waals surface area contributed by atoms with E-state index in [0.717, 1.165) is 19.3 Å². The summed E-state index contributed by atoms with van der Waals surface area (Å²) in [4.78, 5) is 0. The molecule has 0 bridgehead atoms. The van der Waals surface area contributed by atoms with Crippen LogP contribution < -0.4 is 5.73 Å². The molecule has 2 N–H and O–H groups in total. The van der Waals surface area contributed by atoms with Crippen LogP contribution in [0.15, 0.2) is 0 Å². The van der Waals surface area contributed by atoms with Gasteiger partial charge in [0, 0.05) is 19.1 Å². The van der Waals surface area contributed by atoms with Crippen LogP contribution in [0.2, 0.25) is 0 Å². The van der Waals surface area contributed by atoms with Crippen LogP contribution in [0.1, 0.15) is 47.0 Å². The Morgan fingerprint density at radius 2 is 1.63 bits per heavy atom. The van der Waals surface area contributed by atoms with Crippen molar-refractivity contribution in [3.8, 4) is 0 Å². The van der Waals surface area contributed by atoms with E-state index in [1.807, 2.05) is 0 Å². The van der Waals surface area contributed by atoms with Gasteiger partial charge in [0.25, 0.3) is 0 Å². The van der Waals surface area contributed by atoms with E-state index >= 15 is 0 Å². The molecule has 0 aliphatic carbocycles. The average Bonchev–Trinajstić information content (AvgIpc) is 2.28. The van der Waals surface area contributed by atoms with Gasteiger partial charge >= 0.3 is 0 Å². The Balaban J connectivity index is 2.69. The number of piperidine rings is 1. The molecule has 1 aliphatic heterocycles. The zero-order chi connectivity index (χ0) is 14.6. The number of nitrogens with zero attached hydrogens (tertiary/aromatic N) is 1. The molecule has 5 heteroatoms. The van der Waals surface area contributed by atoms with Crippen LogP contribution in [0, 0.1) is 17.8 Å². The third kappa shape index (κ3) is 4.72. The third-order valence-electron chi connectivity index (χ3n) is 4.29. The van der Waals surface area contributed by atoms with Crippen LogP contribution in [0.3, 0.4) is 0 Å². The summed E-state index contributed by atoms with van der Waals surface area (Å²) in [6.07, 6.45) is 3.00. The van der Waals surface area contributed by atoms with Gasteiger partial charge in [-0.1, -0.05) is 40.5 Å². The van der Waals surface area contributed by atoms with E-state index in [1.165, 1.54) is 0 Å². The van der Waals surface area contributed by atoms with E-state index in [2.05, 4.69) is 27.7 Å². The molecule has 1 aliphatic rings. The molecule has 19 heavy (non-hydrogen) atoms. The van der Waals surface area contributed by atoms with Gasteiger partial charge in [0.15, 0.2) is 0 Å². The van der Waals surface area contributed by atoms with Gasteiger partial charge in [0.05, 0.1) is 5.75 Å². The first-order valence-corrected chi connectivity index (χ1v) is 9.14. The topological polar surface area (TPSA) is 63.4 Å². The van der Waals surface area contributed by atoms with E-state index in [0.29, 0.717) is 30.8 Å². The van der Waals surface area contributed by atoms with E-state index in [4.69, 9.17) is 5.73 Å². The van der Waals surface area contributed by atoms with Gasteiger partial charge in [0.1, 0.15) is 0 Å². The smallest absolute Gasteiger partial charge is 0.215 e. The molecule has 1 saturated heterocycles. The minimum absolute atomic E-state index is 0.0960. The van der Waals surface area contributed by atoms with Crippen LogP contribution in [-0.4, -0.2) is 37.6 Å². The molecular weight excluding hydrogens is 260 g/mol. The van der Waals surface area contributed by atoms with Crippen LogP contribution in [-0.2, 0) is 10.0 Å². The molecular formula is C14H30N2O2S. The van der Waals surface area contributed by atoms with Gasteiger partial charge in [-0.25, -0.2) is 12.7 Å². The minimum atomic E-state index is -3.21. The summed E-state index contributed by atoms with van der Waals surface area (Å²) >= 11 is 0. The number of sulfonamides is 1. The van der Waals surface area contributed by atoms with Gasteiger partial charge in [-0.15, -0.1) is 0 Å². The summed E-state index contributed by atoms with van der Waals surface area (Å²) in [6, 6.07) is -0.243. The highest BCUT2D eigenvalue weighted by Gasteiger charge is 2.32. The fourth-order valence-electron chi connectivity index (χ4n) is 3.21. The monoisotopic (exact) mass is 290 g/mol. The van der Waals surface area contributed by atoms with Crippen molar-refractivity contribution in [1.82, 2.24) is 4.31 Å². The molecule has 0 aromatic rings. The Morgan fingerprint density at radius 1 is 1.16 bits per heavy atom. The predicted molar refractivity (Wildman–Crippen MR) is 80.4 cm³/mol. The van der Waals surface area contributed by atoms with E-state index in [9.17, 15) is 8.42 Å². The molecule has 1 rings (SSSR count). The van der Waals surface area contributed by atoms with E-state index in [-0.39, 0.29) is 11.8 Å². The Hall–Kier alpha value is -0.130. The van der Waals surface area contributed by atoms with Gasteiger partial charge < -0.3 is 5.73 Å². The van der Waals surface area contributed by atoms with Crippen molar-refractivity contribution in [1.29, 1.82) is 0 Å². The molecule has 3 atom stereocenters. The zero-order valence-electron chi connectivity index (χ0n) is 12.8. The maximum atomic E-state index is 12.5. The summed E-state index contributed by atoms with van der Waals surface area (Å²) < 4.78 is 26.6. The van der Waals surface area contributed by atoms with Crippen molar-refractivity contribution in [2.24, 2.45) is 23.5 Å². The Morgan fingerprint density at radius 3 is 2.05 bits per heavy atom. The quantitative estimate of drug-likeness (QED) is 0.814. The van der Waals surface area contributed by atoms with Crippen molar-refractivity contribution < 1.29 is 8.42 Å². The van der Waals surface area contributed by atoms with Crippen molar-refractivity contribution in [2.75, 3.05) is 18.8 Å². The maximum Gasteiger partial charge on any atom is 0.215 e. The molecule has 3 unspecified atom stereocenters. The second-order valence-corrected chi connectivity index (χ2v) is 8.30. The fraction of sp³-hybridized carbons (Fsp3) is 1.00. The second-order valence-electron chi connectivity index (χ2n) is 6.28. The van der Waals surface area contributed by atoms with E-state index in [1.54, 1.807) is 4.31 Å². The van der Waals surface area contributed by atoms with Crippen molar-refractivity contribution in [3.05, 3.63) is 0 Å². The lowest BCUT2D eigenvalue weighted by Gasteiger charge is -2.35. The summed E-state index contributed by atoms with van der Waals surface area (Å²) in [7, 11) is -3.21. The molecule has 0 aromatic heterocycles. The normalized spacial score (nSPS) is 27.7. The van der Waals surface area contributed by atoms with Crippen LogP contribution in [0.25, 0.3) is 0 Å². The van der Waals surface area contributed by atoms with Gasteiger partial charge in [-0.3, -0.25) is 0 Å². The predicted octanol–water partition coefficient (Wildman–Crippen LogP) is 2.06. The first-order valence-electron chi connectivity index (χ1n) is 7.53. The first-order chi connectivity index (χ1) is 8.80. The van der Waals surface area contributed by atoms with Gasteiger partial charge in [-0.05, 0) is 24.2 Å². The highest BCUT2D eigenvalue weighted by Crippen LogP contribution is 2.24. The standard InChI is InChI=1S/C14H30N2O2S/c1-5-13(6-2)14(15)10-19(17,18)16-8-11(3)7-12(4)9-16/h11-14H,5-10,15H2,1-4H3. The Kier molecular flexibility index (Phi) is 6.27. The third-order valence-corrected chi connectivity index (χ3v) is 6.18. The van der Waals surface area contributed by atoms with Crippen molar-refractivity contribution >= 4 is 10.0 Å². The van der Waals surface area contributed by atoms with Crippen LogP contribution in [0.4, 0.5) is 0 Å². The lowest BCUT2D eigenvalue weighted by atomic mass is 9.94. The first kappa shape index (κ1) is 16.9.